The highest BCUT2D eigenvalue weighted by molar-refractivity contribution is 5.87. The monoisotopic (exact) mass is 362 g/mol. The van der Waals surface area contributed by atoms with Gasteiger partial charge in [-0.2, -0.15) is 0 Å². The van der Waals surface area contributed by atoms with E-state index < -0.39 is 5.79 Å². The number of fused-ring (bicyclic) bond motifs is 3. The minimum atomic E-state index is -0.734. The van der Waals surface area contributed by atoms with Gasteiger partial charge in [-0.25, -0.2) is 0 Å². The molecule has 0 radical (unpaired) electrons. The SMILES string of the molecule is CO[C@@]1(C)Oc2cc3c(cc2[C@H](c2cccc4ccccc24)[C@@H]1C)OCO3. The van der Waals surface area contributed by atoms with Crippen molar-refractivity contribution in [2.75, 3.05) is 13.9 Å². The Kier molecular flexibility index (Phi) is 3.59. The second kappa shape index (κ2) is 5.89. The van der Waals surface area contributed by atoms with Crippen molar-refractivity contribution in [1.29, 1.82) is 0 Å². The van der Waals surface area contributed by atoms with Gasteiger partial charge in [0.1, 0.15) is 5.75 Å². The standard InChI is InChI=1S/C23H22O4/c1-14-22(17-10-6-8-15-7-4-5-9-16(15)17)18-11-20-21(26-13-25-20)12-19(18)27-23(14,2)24-3/h4-12,14,22H,13H2,1-3H3/t14-,22-,23-/m0/s1. The lowest BCUT2D eigenvalue weighted by atomic mass is 9.74. The van der Waals surface area contributed by atoms with Crippen LogP contribution in [0.2, 0.25) is 0 Å². The summed E-state index contributed by atoms with van der Waals surface area (Å²) >= 11 is 0. The Balaban J connectivity index is 1.77. The summed E-state index contributed by atoms with van der Waals surface area (Å²) in [5.41, 5.74) is 2.38. The van der Waals surface area contributed by atoms with E-state index in [2.05, 4.69) is 55.5 Å². The molecule has 0 unspecified atom stereocenters. The predicted molar refractivity (Wildman–Crippen MR) is 104 cm³/mol. The predicted octanol–water partition coefficient (Wildman–Crippen LogP) is 5.09. The third-order valence-electron chi connectivity index (χ3n) is 6.04. The van der Waals surface area contributed by atoms with Crippen molar-refractivity contribution >= 4 is 10.8 Å². The van der Waals surface area contributed by atoms with E-state index in [-0.39, 0.29) is 18.6 Å². The fraction of sp³-hybridized carbons (Fsp3) is 0.304. The molecule has 2 heterocycles. The molecule has 138 valence electrons. The second-order valence-electron chi connectivity index (χ2n) is 7.40. The Labute approximate surface area is 158 Å². The van der Waals surface area contributed by atoms with Gasteiger partial charge >= 0.3 is 0 Å². The Morgan fingerprint density at radius 2 is 1.67 bits per heavy atom. The summed E-state index contributed by atoms with van der Waals surface area (Å²) in [7, 11) is 1.70. The summed E-state index contributed by atoms with van der Waals surface area (Å²) in [5, 5.41) is 2.48. The van der Waals surface area contributed by atoms with E-state index in [9.17, 15) is 0 Å². The van der Waals surface area contributed by atoms with Crippen molar-refractivity contribution < 1.29 is 18.9 Å². The summed E-state index contributed by atoms with van der Waals surface area (Å²) in [5.74, 6) is 1.76. The van der Waals surface area contributed by atoms with E-state index >= 15 is 0 Å². The maximum absolute atomic E-state index is 6.31. The summed E-state index contributed by atoms with van der Waals surface area (Å²) < 4.78 is 23.4. The molecule has 4 nitrogen and oxygen atoms in total. The minimum absolute atomic E-state index is 0.0983. The van der Waals surface area contributed by atoms with E-state index in [0.717, 1.165) is 22.8 Å². The Bertz CT molecular complexity index is 1020. The highest BCUT2D eigenvalue weighted by Crippen LogP contribution is 2.53. The van der Waals surface area contributed by atoms with Crippen LogP contribution in [0, 0.1) is 5.92 Å². The zero-order valence-electron chi connectivity index (χ0n) is 15.7. The first-order valence-corrected chi connectivity index (χ1v) is 9.26. The highest BCUT2D eigenvalue weighted by atomic mass is 16.7. The lowest BCUT2D eigenvalue weighted by Crippen LogP contribution is -2.47. The smallest absolute Gasteiger partial charge is 0.231 e. The van der Waals surface area contributed by atoms with Crippen molar-refractivity contribution in [2.45, 2.75) is 25.6 Å². The topological polar surface area (TPSA) is 36.9 Å². The molecule has 0 spiro atoms. The number of benzene rings is 3. The van der Waals surface area contributed by atoms with Crippen LogP contribution in [0.4, 0.5) is 0 Å². The Morgan fingerprint density at radius 3 is 2.48 bits per heavy atom. The fourth-order valence-corrected chi connectivity index (χ4v) is 4.34. The van der Waals surface area contributed by atoms with Crippen LogP contribution >= 0.6 is 0 Å². The van der Waals surface area contributed by atoms with Crippen LogP contribution < -0.4 is 14.2 Å². The molecule has 0 amide bonds. The van der Waals surface area contributed by atoms with Crippen molar-refractivity contribution in [3.05, 3.63) is 65.7 Å². The van der Waals surface area contributed by atoms with E-state index in [1.807, 2.05) is 13.0 Å². The molecule has 5 rings (SSSR count). The molecule has 0 bridgehead atoms. The van der Waals surface area contributed by atoms with E-state index in [4.69, 9.17) is 18.9 Å². The molecule has 3 atom stereocenters. The molecule has 3 aromatic rings. The van der Waals surface area contributed by atoms with Gasteiger partial charge in [0.15, 0.2) is 11.5 Å². The number of rotatable bonds is 2. The van der Waals surface area contributed by atoms with Gasteiger partial charge in [-0.15, -0.1) is 0 Å². The average Bonchev–Trinajstić information content (AvgIpc) is 3.15. The van der Waals surface area contributed by atoms with Gasteiger partial charge in [-0.1, -0.05) is 49.4 Å². The molecule has 2 aliphatic heterocycles. The molecule has 0 N–H and O–H groups in total. The molecular weight excluding hydrogens is 340 g/mol. The maximum atomic E-state index is 6.31. The molecule has 3 aromatic carbocycles. The zero-order chi connectivity index (χ0) is 18.6. The van der Waals surface area contributed by atoms with Crippen LogP contribution in [0.3, 0.4) is 0 Å². The summed E-state index contributed by atoms with van der Waals surface area (Å²) in [6.45, 7) is 4.43. The number of ether oxygens (including phenoxy) is 4. The number of hydrogen-bond acceptors (Lipinski definition) is 4. The first kappa shape index (κ1) is 16.5. The van der Waals surface area contributed by atoms with E-state index in [0.29, 0.717) is 0 Å². The lowest BCUT2D eigenvalue weighted by Gasteiger charge is -2.44. The first-order valence-electron chi connectivity index (χ1n) is 9.26. The largest absolute Gasteiger partial charge is 0.462 e. The third-order valence-corrected chi connectivity index (χ3v) is 6.04. The maximum Gasteiger partial charge on any atom is 0.231 e. The van der Waals surface area contributed by atoms with Crippen LogP contribution in [-0.4, -0.2) is 19.7 Å². The summed E-state index contributed by atoms with van der Waals surface area (Å²) in [6, 6.07) is 19.0. The summed E-state index contributed by atoms with van der Waals surface area (Å²) in [6.07, 6.45) is 0. The van der Waals surface area contributed by atoms with Crippen LogP contribution in [-0.2, 0) is 4.74 Å². The first-order chi connectivity index (χ1) is 13.1. The highest BCUT2D eigenvalue weighted by Gasteiger charge is 2.46. The van der Waals surface area contributed by atoms with Crippen LogP contribution in [0.25, 0.3) is 10.8 Å². The van der Waals surface area contributed by atoms with E-state index in [1.54, 1.807) is 7.11 Å². The van der Waals surface area contributed by atoms with Gasteiger partial charge in [0.25, 0.3) is 0 Å². The quantitative estimate of drug-likeness (QED) is 0.636. The second-order valence-corrected chi connectivity index (χ2v) is 7.40. The van der Waals surface area contributed by atoms with Gasteiger partial charge in [0.05, 0.1) is 0 Å². The molecule has 0 fully saturated rings. The van der Waals surface area contributed by atoms with Crippen molar-refractivity contribution in [2.24, 2.45) is 5.92 Å². The Morgan fingerprint density at radius 1 is 0.926 bits per heavy atom. The molecule has 0 saturated carbocycles. The van der Waals surface area contributed by atoms with Gasteiger partial charge in [-0.3, -0.25) is 0 Å². The van der Waals surface area contributed by atoms with Crippen LogP contribution in [0.5, 0.6) is 17.2 Å². The van der Waals surface area contributed by atoms with Gasteiger partial charge in [0, 0.05) is 37.5 Å². The van der Waals surface area contributed by atoms with Crippen molar-refractivity contribution in [3.63, 3.8) is 0 Å². The van der Waals surface area contributed by atoms with Gasteiger partial charge in [-0.05, 0) is 22.4 Å². The molecule has 2 aliphatic rings. The average molecular weight is 362 g/mol. The molecule has 0 saturated heterocycles. The summed E-state index contributed by atoms with van der Waals surface area (Å²) in [4.78, 5) is 0. The van der Waals surface area contributed by atoms with Crippen molar-refractivity contribution in [3.8, 4) is 17.2 Å². The third kappa shape index (κ3) is 2.40. The molecule has 4 heteroatoms. The normalized spacial score (nSPS) is 25.9. The molecule has 27 heavy (non-hydrogen) atoms. The number of methoxy groups -OCH3 is 1. The molecule has 0 aliphatic carbocycles. The van der Waals surface area contributed by atoms with Crippen LogP contribution in [0.15, 0.2) is 54.6 Å². The number of hydrogen-bond donors (Lipinski definition) is 0. The van der Waals surface area contributed by atoms with E-state index in [1.165, 1.54) is 16.3 Å². The van der Waals surface area contributed by atoms with Gasteiger partial charge in [0.2, 0.25) is 12.6 Å². The van der Waals surface area contributed by atoms with Gasteiger partial charge < -0.3 is 18.9 Å². The minimum Gasteiger partial charge on any atom is -0.462 e. The van der Waals surface area contributed by atoms with Crippen LogP contribution in [0.1, 0.15) is 30.9 Å². The zero-order valence-corrected chi connectivity index (χ0v) is 15.7. The lowest BCUT2D eigenvalue weighted by molar-refractivity contribution is -0.194. The van der Waals surface area contributed by atoms with Crippen molar-refractivity contribution in [1.82, 2.24) is 0 Å². The Hall–Kier alpha value is -2.72. The molecular formula is C23H22O4. The fourth-order valence-electron chi connectivity index (χ4n) is 4.34. The molecule has 0 aromatic heterocycles.